The van der Waals surface area contributed by atoms with Crippen molar-refractivity contribution in [1.29, 1.82) is 0 Å². The van der Waals surface area contributed by atoms with Crippen molar-refractivity contribution in [2.75, 3.05) is 46.1 Å². The number of piperazine rings is 1. The Bertz CT molecular complexity index is 746. The minimum atomic E-state index is 0.0884. The van der Waals surface area contributed by atoms with E-state index in [0.717, 1.165) is 70.2 Å². The van der Waals surface area contributed by atoms with E-state index >= 15 is 0 Å². The van der Waals surface area contributed by atoms with Crippen LogP contribution in [0.1, 0.15) is 38.2 Å². The van der Waals surface area contributed by atoms with Crippen LogP contribution in [0.2, 0.25) is 0 Å². The third-order valence-electron chi connectivity index (χ3n) is 6.21. The Morgan fingerprint density at radius 1 is 1.03 bits per heavy atom. The molecule has 7 nitrogen and oxygen atoms in total. The molecule has 0 aliphatic carbocycles. The van der Waals surface area contributed by atoms with Gasteiger partial charge in [0.05, 0.1) is 0 Å². The molecular formula is C22H31N3O4. The van der Waals surface area contributed by atoms with Gasteiger partial charge >= 0.3 is 0 Å². The normalized spacial score (nSPS) is 22.7. The van der Waals surface area contributed by atoms with Gasteiger partial charge in [-0.05, 0) is 37.5 Å². The second-order valence-electron chi connectivity index (χ2n) is 8.34. The van der Waals surface area contributed by atoms with Crippen LogP contribution in [-0.4, -0.2) is 78.5 Å². The molecule has 3 heterocycles. The summed E-state index contributed by atoms with van der Waals surface area (Å²) in [6.45, 7) is 8.55. The first-order valence-electron chi connectivity index (χ1n) is 10.7. The fourth-order valence-electron chi connectivity index (χ4n) is 4.50. The molecule has 3 aliphatic heterocycles. The number of likely N-dealkylation sites (tertiary alicyclic amines) is 1. The lowest BCUT2D eigenvalue weighted by atomic mass is 10.0. The Morgan fingerprint density at radius 2 is 1.83 bits per heavy atom. The number of hydrogen-bond donors (Lipinski definition) is 0. The van der Waals surface area contributed by atoms with Gasteiger partial charge in [-0.2, -0.15) is 0 Å². The Hall–Kier alpha value is -2.12. The highest BCUT2D eigenvalue weighted by Crippen LogP contribution is 2.33. The number of hydrogen-bond acceptors (Lipinski definition) is 6. The number of benzene rings is 1. The Labute approximate surface area is 172 Å². The van der Waals surface area contributed by atoms with E-state index in [0.29, 0.717) is 25.7 Å². The molecular weight excluding hydrogens is 370 g/mol. The number of rotatable bonds is 6. The van der Waals surface area contributed by atoms with Crippen molar-refractivity contribution in [3.63, 3.8) is 0 Å². The SMILES string of the molecule is CC(=O)CCC(=O)N1CCC[C@@H](N2CCN(Cc3ccc4c(c3)OCO4)CC2)C1. The van der Waals surface area contributed by atoms with E-state index in [4.69, 9.17) is 9.47 Å². The summed E-state index contributed by atoms with van der Waals surface area (Å²) < 4.78 is 10.9. The van der Waals surface area contributed by atoms with Gasteiger partial charge in [-0.25, -0.2) is 0 Å². The summed E-state index contributed by atoms with van der Waals surface area (Å²) in [4.78, 5) is 30.5. The standard InChI is InChI=1S/C22H31N3O4/c1-17(26)4-7-22(27)25-8-2-3-19(15-25)24-11-9-23(10-12-24)14-18-5-6-20-21(13-18)29-16-28-20/h5-6,13,19H,2-4,7-12,14-16H2,1H3/t19-/m1/s1. The molecule has 0 aromatic heterocycles. The predicted molar refractivity (Wildman–Crippen MR) is 109 cm³/mol. The van der Waals surface area contributed by atoms with Crippen LogP contribution in [-0.2, 0) is 16.1 Å². The second-order valence-corrected chi connectivity index (χ2v) is 8.34. The summed E-state index contributed by atoms with van der Waals surface area (Å²) in [5.74, 6) is 1.90. The van der Waals surface area contributed by atoms with Gasteiger partial charge in [0.2, 0.25) is 12.7 Å². The molecule has 0 spiro atoms. The van der Waals surface area contributed by atoms with Crippen molar-refractivity contribution in [2.24, 2.45) is 0 Å². The lowest BCUT2D eigenvalue weighted by molar-refractivity contribution is -0.135. The van der Waals surface area contributed by atoms with E-state index in [-0.39, 0.29) is 11.7 Å². The maximum atomic E-state index is 12.4. The van der Waals surface area contributed by atoms with Gasteiger partial charge in [-0.1, -0.05) is 6.07 Å². The van der Waals surface area contributed by atoms with Crippen LogP contribution in [0.25, 0.3) is 0 Å². The lowest BCUT2D eigenvalue weighted by Gasteiger charge is -2.43. The third kappa shape index (κ3) is 5.08. The van der Waals surface area contributed by atoms with E-state index in [1.807, 2.05) is 11.0 Å². The number of carbonyl (C=O) groups is 2. The number of carbonyl (C=O) groups excluding carboxylic acids is 2. The molecule has 3 aliphatic rings. The molecule has 0 unspecified atom stereocenters. The number of ether oxygens (including phenoxy) is 2. The maximum Gasteiger partial charge on any atom is 0.231 e. The van der Waals surface area contributed by atoms with Gasteiger partial charge in [0.15, 0.2) is 11.5 Å². The maximum absolute atomic E-state index is 12.4. The van der Waals surface area contributed by atoms with Crippen LogP contribution in [0.5, 0.6) is 11.5 Å². The van der Waals surface area contributed by atoms with Crippen LogP contribution < -0.4 is 9.47 Å². The number of fused-ring (bicyclic) bond motifs is 1. The summed E-state index contributed by atoms with van der Waals surface area (Å²) in [6.07, 6.45) is 2.91. The Kier molecular flexibility index (Phi) is 6.35. The quantitative estimate of drug-likeness (QED) is 0.726. The minimum absolute atomic E-state index is 0.0884. The molecule has 1 aromatic carbocycles. The van der Waals surface area contributed by atoms with Crippen molar-refractivity contribution in [3.05, 3.63) is 23.8 Å². The van der Waals surface area contributed by atoms with E-state index in [1.165, 1.54) is 5.56 Å². The minimum Gasteiger partial charge on any atom is -0.454 e. The van der Waals surface area contributed by atoms with Crippen LogP contribution in [0.4, 0.5) is 0 Å². The van der Waals surface area contributed by atoms with E-state index < -0.39 is 0 Å². The predicted octanol–water partition coefficient (Wildman–Crippen LogP) is 1.89. The van der Waals surface area contributed by atoms with Gasteiger partial charge in [0.1, 0.15) is 5.78 Å². The summed E-state index contributed by atoms with van der Waals surface area (Å²) in [6, 6.07) is 6.64. The number of nitrogens with zero attached hydrogens (tertiary/aromatic N) is 3. The zero-order chi connectivity index (χ0) is 20.2. The van der Waals surface area contributed by atoms with Crippen LogP contribution in [0.15, 0.2) is 18.2 Å². The monoisotopic (exact) mass is 401 g/mol. The molecule has 1 aromatic rings. The molecule has 4 rings (SSSR count). The van der Waals surface area contributed by atoms with E-state index in [1.54, 1.807) is 6.92 Å². The van der Waals surface area contributed by atoms with Gasteiger partial charge in [0.25, 0.3) is 0 Å². The zero-order valence-corrected chi connectivity index (χ0v) is 17.3. The highest BCUT2D eigenvalue weighted by atomic mass is 16.7. The van der Waals surface area contributed by atoms with Crippen molar-refractivity contribution >= 4 is 11.7 Å². The summed E-state index contributed by atoms with van der Waals surface area (Å²) in [7, 11) is 0. The first kappa shape index (κ1) is 20.2. The van der Waals surface area contributed by atoms with E-state index in [9.17, 15) is 9.59 Å². The molecule has 1 amide bonds. The number of piperidine rings is 1. The molecule has 2 fully saturated rings. The topological polar surface area (TPSA) is 62.3 Å². The number of amides is 1. The fraction of sp³-hybridized carbons (Fsp3) is 0.636. The first-order valence-corrected chi connectivity index (χ1v) is 10.7. The summed E-state index contributed by atoms with van der Waals surface area (Å²) in [5.41, 5.74) is 1.25. The van der Waals surface area contributed by atoms with Gasteiger partial charge in [-0.3, -0.25) is 14.6 Å². The van der Waals surface area contributed by atoms with Crippen molar-refractivity contribution < 1.29 is 19.1 Å². The largest absolute Gasteiger partial charge is 0.454 e. The summed E-state index contributed by atoms with van der Waals surface area (Å²) >= 11 is 0. The molecule has 0 bridgehead atoms. The van der Waals surface area contributed by atoms with Crippen LogP contribution in [0.3, 0.4) is 0 Å². The number of ketones is 1. The highest BCUT2D eigenvalue weighted by Gasteiger charge is 2.30. The molecule has 0 saturated carbocycles. The first-order chi connectivity index (χ1) is 14.1. The molecule has 158 valence electrons. The number of Topliss-reactive ketones (excluding diaryl/α,β-unsaturated/α-hetero) is 1. The van der Waals surface area contributed by atoms with E-state index in [2.05, 4.69) is 21.9 Å². The van der Waals surface area contributed by atoms with Crippen LogP contribution >= 0.6 is 0 Å². The van der Waals surface area contributed by atoms with Gasteiger partial charge in [-0.15, -0.1) is 0 Å². The van der Waals surface area contributed by atoms with Crippen LogP contribution in [0, 0.1) is 0 Å². The second kappa shape index (κ2) is 9.13. The lowest BCUT2D eigenvalue weighted by Crippen LogP contribution is -2.55. The van der Waals surface area contributed by atoms with Gasteiger partial charge in [0, 0.05) is 64.7 Å². The molecule has 2 saturated heterocycles. The summed E-state index contributed by atoms with van der Waals surface area (Å²) in [5, 5.41) is 0. The van der Waals surface area contributed by atoms with Crippen molar-refractivity contribution in [2.45, 2.75) is 45.2 Å². The Morgan fingerprint density at radius 3 is 2.62 bits per heavy atom. The Balaban J connectivity index is 1.24. The van der Waals surface area contributed by atoms with Gasteiger partial charge < -0.3 is 19.2 Å². The zero-order valence-electron chi connectivity index (χ0n) is 17.3. The molecule has 29 heavy (non-hydrogen) atoms. The molecule has 1 atom stereocenters. The van der Waals surface area contributed by atoms with Crippen molar-refractivity contribution in [3.8, 4) is 11.5 Å². The average molecular weight is 402 g/mol. The molecule has 0 N–H and O–H groups in total. The smallest absolute Gasteiger partial charge is 0.231 e. The highest BCUT2D eigenvalue weighted by molar-refractivity contribution is 5.83. The molecule has 0 radical (unpaired) electrons. The third-order valence-corrected chi connectivity index (χ3v) is 6.21. The fourth-order valence-corrected chi connectivity index (χ4v) is 4.50. The van der Waals surface area contributed by atoms with Crippen molar-refractivity contribution in [1.82, 2.24) is 14.7 Å². The molecule has 7 heteroatoms. The average Bonchev–Trinajstić information content (AvgIpc) is 3.20.